The van der Waals surface area contributed by atoms with Crippen molar-refractivity contribution >= 4 is 0 Å². The molecule has 1 fully saturated rings. The van der Waals surface area contributed by atoms with Gasteiger partial charge >= 0.3 is 0 Å². The summed E-state index contributed by atoms with van der Waals surface area (Å²) in [5.41, 5.74) is -0.0312. The van der Waals surface area contributed by atoms with E-state index in [1.807, 2.05) is 18.7 Å². The summed E-state index contributed by atoms with van der Waals surface area (Å²) in [5.74, 6) is 0.580. The van der Waals surface area contributed by atoms with Crippen LogP contribution in [0, 0.1) is 5.92 Å². The zero-order chi connectivity index (χ0) is 12.8. The van der Waals surface area contributed by atoms with Gasteiger partial charge in [-0.1, -0.05) is 13.3 Å². The molecule has 0 bridgehead atoms. The second-order valence-corrected chi connectivity index (χ2v) is 5.42. The molecule has 0 radical (unpaired) electrons. The Bertz CT molecular complexity index is 339. The fourth-order valence-corrected chi connectivity index (χ4v) is 3.16. The van der Waals surface area contributed by atoms with Crippen molar-refractivity contribution < 1.29 is 5.11 Å². The fraction of sp³-hybridized carbons (Fsp3) is 0.786. The molecule has 0 saturated heterocycles. The number of hydrogen-bond acceptors (Lipinski definition) is 3. The molecular formula is C14H25N3O. The second kappa shape index (κ2) is 6.34. The Kier molecular flexibility index (Phi) is 4.78. The third-order valence-electron chi connectivity index (χ3n) is 4.26. The average Bonchev–Trinajstić information content (AvgIpc) is 3.04. The van der Waals surface area contributed by atoms with Crippen LogP contribution in [-0.4, -0.2) is 33.3 Å². The van der Waals surface area contributed by atoms with E-state index in [9.17, 15) is 5.11 Å². The molecule has 4 heteroatoms. The van der Waals surface area contributed by atoms with Gasteiger partial charge in [0.15, 0.2) is 0 Å². The Balaban J connectivity index is 1.92. The van der Waals surface area contributed by atoms with Crippen LogP contribution >= 0.6 is 0 Å². The number of aromatic nitrogens is 2. The Morgan fingerprint density at radius 1 is 1.56 bits per heavy atom. The number of nitrogens with zero attached hydrogens (tertiary/aromatic N) is 2. The zero-order valence-electron chi connectivity index (χ0n) is 11.3. The summed E-state index contributed by atoms with van der Waals surface area (Å²) in [4.78, 5) is 4.07. The minimum Gasteiger partial charge on any atom is -0.394 e. The summed E-state index contributed by atoms with van der Waals surface area (Å²) >= 11 is 0. The first-order chi connectivity index (χ1) is 8.80. The molecule has 1 saturated carbocycles. The van der Waals surface area contributed by atoms with E-state index in [0.717, 1.165) is 32.4 Å². The fourth-order valence-electron chi connectivity index (χ4n) is 3.16. The van der Waals surface area contributed by atoms with Gasteiger partial charge in [0.05, 0.1) is 12.9 Å². The highest BCUT2D eigenvalue weighted by molar-refractivity contribution is 4.98. The molecule has 1 heterocycles. The largest absolute Gasteiger partial charge is 0.394 e. The topological polar surface area (TPSA) is 50.1 Å². The van der Waals surface area contributed by atoms with E-state index in [2.05, 4.69) is 21.8 Å². The number of nitrogens with one attached hydrogen (secondary N) is 1. The molecule has 1 aliphatic rings. The van der Waals surface area contributed by atoms with Gasteiger partial charge in [-0.3, -0.25) is 0 Å². The van der Waals surface area contributed by atoms with Gasteiger partial charge in [-0.05, 0) is 38.1 Å². The van der Waals surface area contributed by atoms with Crippen LogP contribution < -0.4 is 5.32 Å². The maximum atomic E-state index is 9.79. The van der Waals surface area contributed by atoms with Crippen molar-refractivity contribution in [1.29, 1.82) is 0 Å². The number of rotatable bonds is 7. The number of imidazole rings is 1. The Hall–Kier alpha value is -0.870. The first-order valence-corrected chi connectivity index (χ1v) is 7.12. The number of hydrogen-bond donors (Lipinski definition) is 2. The molecule has 2 rings (SSSR count). The molecule has 1 aromatic heterocycles. The summed E-state index contributed by atoms with van der Waals surface area (Å²) in [6.45, 7) is 4.44. The average molecular weight is 251 g/mol. The molecule has 0 spiro atoms. The maximum absolute atomic E-state index is 9.79. The molecule has 18 heavy (non-hydrogen) atoms. The molecule has 2 atom stereocenters. The van der Waals surface area contributed by atoms with Gasteiger partial charge in [-0.15, -0.1) is 0 Å². The summed E-state index contributed by atoms with van der Waals surface area (Å²) in [6, 6.07) is 0. The van der Waals surface area contributed by atoms with Crippen molar-refractivity contribution in [3.63, 3.8) is 0 Å². The van der Waals surface area contributed by atoms with Crippen LogP contribution in [0.1, 0.15) is 39.0 Å². The Labute approximate surface area is 109 Å². The molecule has 0 aliphatic heterocycles. The van der Waals surface area contributed by atoms with E-state index in [4.69, 9.17) is 0 Å². The molecule has 102 valence electrons. The van der Waals surface area contributed by atoms with Crippen molar-refractivity contribution in [3.8, 4) is 0 Å². The smallest absolute Gasteiger partial charge is 0.0945 e. The molecule has 0 aromatic carbocycles. The molecule has 4 nitrogen and oxygen atoms in total. The summed E-state index contributed by atoms with van der Waals surface area (Å²) in [7, 11) is 0. The van der Waals surface area contributed by atoms with Crippen molar-refractivity contribution in [2.75, 3.05) is 13.2 Å². The number of aliphatic hydroxyl groups excluding tert-OH is 1. The third-order valence-corrected chi connectivity index (χ3v) is 4.26. The Morgan fingerprint density at radius 2 is 2.44 bits per heavy atom. The van der Waals surface area contributed by atoms with E-state index in [-0.39, 0.29) is 12.1 Å². The maximum Gasteiger partial charge on any atom is 0.0945 e. The predicted octanol–water partition coefficient (Wildman–Crippen LogP) is 1.80. The molecule has 1 aliphatic carbocycles. The van der Waals surface area contributed by atoms with Crippen molar-refractivity contribution in [3.05, 3.63) is 18.7 Å². The van der Waals surface area contributed by atoms with Gasteiger partial charge in [0, 0.05) is 24.5 Å². The minimum absolute atomic E-state index is 0.0312. The van der Waals surface area contributed by atoms with Crippen LogP contribution in [0.2, 0.25) is 0 Å². The first kappa shape index (κ1) is 13.6. The molecule has 0 amide bonds. The highest BCUT2D eigenvalue weighted by Crippen LogP contribution is 2.38. The second-order valence-electron chi connectivity index (χ2n) is 5.42. The lowest BCUT2D eigenvalue weighted by molar-refractivity contribution is 0.117. The molecule has 2 unspecified atom stereocenters. The highest BCUT2D eigenvalue weighted by atomic mass is 16.3. The van der Waals surface area contributed by atoms with E-state index in [0.29, 0.717) is 5.92 Å². The lowest BCUT2D eigenvalue weighted by atomic mass is 9.85. The SMILES string of the molecule is CCCNC1(CO)CCCC1CCn1ccnc1. The quantitative estimate of drug-likeness (QED) is 0.777. The Morgan fingerprint density at radius 3 is 3.11 bits per heavy atom. The van der Waals surface area contributed by atoms with Gasteiger partial charge in [0.25, 0.3) is 0 Å². The molecule has 1 aromatic rings. The number of aliphatic hydroxyl groups is 1. The number of aryl methyl sites for hydroxylation is 1. The van der Waals surface area contributed by atoms with E-state index >= 15 is 0 Å². The van der Waals surface area contributed by atoms with Crippen LogP contribution in [0.5, 0.6) is 0 Å². The van der Waals surface area contributed by atoms with Gasteiger partial charge in [-0.2, -0.15) is 0 Å². The predicted molar refractivity (Wildman–Crippen MR) is 72.3 cm³/mol. The van der Waals surface area contributed by atoms with Crippen molar-refractivity contribution in [2.45, 2.75) is 51.1 Å². The van der Waals surface area contributed by atoms with Gasteiger partial charge in [-0.25, -0.2) is 4.98 Å². The van der Waals surface area contributed by atoms with Crippen LogP contribution in [0.3, 0.4) is 0 Å². The van der Waals surface area contributed by atoms with E-state index < -0.39 is 0 Å². The minimum atomic E-state index is -0.0312. The van der Waals surface area contributed by atoms with Crippen LogP contribution in [0.4, 0.5) is 0 Å². The molecule has 2 N–H and O–H groups in total. The summed E-state index contributed by atoms with van der Waals surface area (Å²) in [6.07, 6.45) is 11.5. The first-order valence-electron chi connectivity index (χ1n) is 7.12. The lowest BCUT2D eigenvalue weighted by Crippen LogP contribution is -2.51. The van der Waals surface area contributed by atoms with Gasteiger partial charge in [0.1, 0.15) is 0 Å². The van der Waals surface area contributed by atoms with Crippen molar-refractivity contribution in [2.24, 2.45) is 5.92 Å². The van der Waals surface area contributed by atoms with E-state index in [1.165, 1.54) is 12.8 Å². The molecular weight excluding hydrogens is 226 g/mol. The monoisotopic (exact) mass is 251 g/mol. The van der Waals surface area contributed by atoms with Crippen molar-refractivity contribution in [1.82, 2.24) is 14.9 Å². The summed E-state index contributed by atoms with van der Waals surface area (Å²) < 4.78 is 2.13. The normalized spacial score (nSPS) is 27.8. The zero-order valence-corrected chi connectivity index (χ0v) is 11.3. The van der Waals surface area contributed by atoms with E-state index in [1.54, 1.807) is 0 Å². The van der Waals surface area contributed by atoms with Crippen LogP contribution in [-0.2, 0) is 6.54 Å². The summed E-state index contributed by atoms with van der Waals surface area (Å²) in [5, 5.41) is 13.4. The van der Waals surface area contributed by atoms with Gasteiger partial charge in [0.2, 0.25) is 0 Å². The lowest BCUT2D eigenvalue weighted by Gasteiger charge is -2.35. The third kappa shape index (κ3) is 2.93. The van der Waals surface area contributed by atoms with Gasteiger partial charge < -0.3 is 15.0 Å². The van der Waals surface area contributed by atoms with Crippen LogP contribution in [0.25, 0.3) is 0 Å². The highest BCUT2D eigenvalue weighted by Gasteiger charge is 2.41. The standard InChI is InChI=1S/C14H25N3O/c1-2-7-16-14(11-18)6-3-4-13(14)5-9-17-10-8-15-12-17/h8,10,12-13,16,18H,2-7,9,11H2,1H3. The van der Waals surface area contributed by atoms with Crippen LogP contribution in [0.15, 0.2) is 18.7 Å².